The molecule has 0 bridgehead atoms. The SMILES string of the molecule is NC(=O)CN1CCC(C(=O)N(Cc2nccs2)C2CC2)CC1. The number of carbonyl (C=O) groups is 2. The number of piperidine rings is 1. The second-order valence-corrected chi connectivity index (χ2v) is 7.12. The fraction of sp³-hybridized carbons (Fsp3) is 0.667. The quantitative estimate of drug-likeness (QED) is 0.841. The number of likely N-dealkylation sites (tertiary alicyclic amines) is 1. The highest BCUT2D eigenvalue weighted by Crippen LogP contribution is 2.32. The molecule has 2 heterocycles. The van der Waals surface area contributed by atoms with Crippen LogP contribution in [0.2, 0.25) is 0 Å². The Balaban J connectivity index is 1.56. The Morgan fingerprint density at radius 1 is 1.32 bits per heavy atom. The van der Waals surface area contributed by atoms with Gasteiger partial charge in [-0.2, -0.15) is 0 Å². The van der Waals surface area contributed by atoms with Crippen LogP contribution in [-0.2, 0) is 16.1 Å². The minimum atomic E-state index is -0.298. The third-order valence-electron chi connectivity index (χ3n) is 4.38. The van der Waals surface area contributed by atoms with Crippen LogP contribution < -0.4 is 5.73 Å². The summed E-state index contributed by atoms with van der Waals surface area (Å²) in [6.07, 6.45) is 5.63. The maximum atomic E-state index is 12.8. The van der Waals surface area contributed by atoms with Crippen LogP contribution in [0.1, 0.15) is 30.7 Å². The molecule has 1 saturated carbocycles. The maximum absolute atomic E-state index is 12.8. The van der Waals surface area contributed by atoms with E-state index in [1.807, 2.05) is 15.2 Å². The average Bonchev–Trinajstić information content (AvgIpc) is 3.21. The molecule has 22 heavy (non-hydrogen) atoms. The Labute approximate surface area is 134 Å². The van der Waals surface area contributed by atoms with Gasteiger partial charge in [0.05, 0.1) is 13.1 Å². The first-order valence-corrected chi connectivity index (χ1v) is 8.71. The summed E-state index contributed by atoms with van der Waals surface area (Å²) in [5.74, 6) is 0.0364. The molecule has 3 rings (SSSR count). The fourth-order valence-electron chi connectivity index (χ4n) is 3.04. The highest BCUT2D eigenvalue weighted by atomic mass is 32.1. The molecule has 1 aliphatic heterocycles. The smallest absolute Gasteiger partial charge is 0.231 e. The summed E-state index contributed by atoms with van der Waals surface area (Å²) in [6.45, 7) is 2.49. The number of hydrogen-bond donors (Lipinski definition) is 1. The lowest BCUT2D eigenvalue weighted by molar-refractivity contribution is -0.138. The van der Waals surface area contributed by atoms with Crippen molar-refractivity contribution in [2.45, 2.75) is 38.3 Å². The van der Waals surface area contributed by atoms with Crippen molar-refractivity contribution in [2.24, 2.45) is 11.7 Å². The molecule has 6 nitrogen and oxygen atoms in total. The zero-order valence-corrected chi connectivity index (χ0v) is 13.4. The van der Waals surface area contributed by atoms with Crippen LogP contribution in [0.3, 0.4) is 0 Å². The molecule has 1 aliphatic carbocycles. The fourth-order valence-corrected chi connectivity index (χ4v) is 3.66. The molecule has 1 aromatic heterocycles. The molecule has 0 spiro atoms. The molecule has 2 amide bonds. The van der Waals surface area contributed by atoms with E-state index in [9.17, 15) is 9.59 Å². The van der Waals surface area contributed by atoms with E-state index >= 15 is 0 Å². The first-order chi connectivity index (χ1) is 10.6. The zero-order chi connectivity index (χ0) is 15.5. The Morgan fingerprint density at radius 3 is 2.59 bits per heavy atom. The predicted octanol–water partition coefficient (Wildman–Crippen LogP) is 0.831. The van der Waals surface area contributed by atoms with E-state index in [0.29, 0.717) is 19.1 Å². The van der Waals surface area contributed by atoms with Crippen molar-refractivity contribution in [3.63, 3.8) is 0 Å². The van der Waals surface area contributed by atoms with Crippen molar-refractivity contribution in [2.75, 3.05) is 19.6 Å². The first-order valence-electron chi connectivity index (χ1n) is 7.83. The van der Waals surface area contributed by atoms with E-state index in [-0.39, 0.29) is 17.7 Å². The van der Waals surface area contributed by atoms with Crippen LogP contribution >= 0.6 is 11.3 Å². The van der Waals surface area contributed by atoms with Gasteiger partial charge in [-0.3, -0.25) is 14.5 Å². The topological polar surface area (TPSA) is 79.5 Å². The number of hydrogen-bond acceptors (Lipinski definition) is 5. The summed E-state index contributed by atoms with van der Waals surface area (Å²) in [6, 6.07) is 0.403. The number of nitrogens with two attached hydrogens (primary N) is 1. The third kappa shape index (κ3) is 3.84. The molecule has 2 N–H and O–H groups in total. The van der Waals surface area contributed by atoms with Crippen LogP contribution in [0.5, 0.6) is 0 Å². The largest absolute Gasteiger partial charge is 0.369 e. The van der Waals surface area contributed by atoms with Gasteiger partial charge in [0.25, 0.3) is 0 Å². The van der Waals surface area contributed by atoms with E-state index in [0.717, 1.165) is 43.8 Å². The molecule has 0 radical (unpaired) electrons. The summed E-state index contributed by atoms with van der Waals surface area (Å²) >= 11 is 1.60. The molecule has 0 unspecified atom stereocenters. The zero-order valence-electron chi connectivity index (χ0n) is 12.6. The number of aromatic nitrogens is 1. The average molecular weight is 322 g/mol. The third-order valence-corrected chi connectivity index (χ3v) is 5.14. The lowest BCUT2D eigenvalue weighted by Gasteiger charge is -2.33. The van der Waals surface area contributed by atoms with Gasteiger partial charge < -0.3 is 10.6 Å². The summed E-state index contributed by atoms with van der Waals surface area (Å²) in [7, 11) is 0. The number of primary amides is 1. The van der Waals surface area contributed by atoms with E-state index in [1.165, 1.54) is 0 Å². The van der Waals surface area contributed by atoms with E-state index < -0.39 is 0 Å². The Bertz CT molecular complexity index is 522. The van der Waals surface area contributed by atoms with Crippen molar-refractivity contribution < 1.29 is 9.59 Å². The summed E-state index contributed by atoms with van der Waals surface area (Å²) < 4.78 is 0. The summed E-state index contributed by atoms with van der Waals surface area (Å²) in [4.78, 5) is 32.2. The van der Waals surface area contributed by atoms with Gasteiger partial charge in [0.15, 0.2) is 0 Å². The molecule has 0 aromatic carbocycles. The van der Waals surface area contributed by atoms with Crippen molar-refractivity contribution >= 4 is 23.2 Å². The van der Waals surface area contributed by atoms with E-state index in [4.69, 9.17) is 5.73 Å². The van der Waals surface area contributed by atoms with Gasteiger partial charge in [-0.15, -0.1) is 11.3 Å². The van der Waals surface area contributed by atoms with Crippen molar-refractivity contribution in [1.82, 2.24) is 14.8 Å². The van der Waals surface area contributed by atoms with Crippen molar-refractivity contribution in [1.29, 1.82) is 0 Å². The van der Waals surface area contributed by atoms with Crippen molar-refractivity contribution in [3.05, 3.63) is 16.6 Å². The number of thiazole rings is 1. The number of amides is 2. The second kappa shape index (κ2) is 6.75. The van der Waals surface area contributed by atoms with Gasteiger partial charge in [0.1, 0.15) is 5.01 Å². The number of rotatable bonds is 6. The van der Waals surface area contributed by atoms with Gasteiger partial charge in [-0.1, -0.05) is 0 Å². The Kier molecular flexibility index (Phi) is 4.73. The molecular formula is C15H22N4O2S. The molecule has 120 valence electrons. The van der Waals surface area contributed by atoms with E-state index in [2.05, 4.69) is 4.98 Å². The van der Waals surface area contributed by atoms with Gasteiger partial charge in [-0.05, 0) is 38.8 Å². The lowest BCUT2D eigenvalue weighted by atomic mass is 9.95. The van der Waals surface area contributed by atoms with Crippen LogP contribution in [0.25, 0.3) is 0 Å². The molecule has 2 aliphatic rings. The van der Waals surface area contributed by atoms with Crippen molar-refractivity contribution in [3.8, 4) is 0 Å². The monoisotopic (exact) mass is 322 g/mol. The lowest BCUT2D eigenvalue weighted by Crippen LogP contribution is -2.45. The maximum Gasteiger partial charge on any atom is 0.231 e. The van der Waals surface area contributed by atoms with Crippen LogP contribution in [-0.4, -0.2) is 52.3 Å². The molecule has 7 heteroatoms. The molecular weight excluding hydrogens is 300 g/mol. The first kappa shape index (κ1) is 15.4. The summed E-state index contributed by atoms with van der Waals surface area (Å²) in [5.41, 5.74) is 5.23. The van der Waals surface area contributed by atoms with Gasteiger partial charge in [0, 0.05) is 23.5 Å². The molecule has 1 saturated heterocycles. The standard InChI is InChI=1S/C15H22N4O2S/c16-13(20)9-18-6-3-11(4-7-18)15(21)19(12-1-2-12)10-14-17-5-8-22-14/h5,8,11-12H,1-4,6-7,9-10H2,(H2,16,20). The highest BCUT2D eigenvalue weighted by Gasteiger charge is 2.37. The summed E-state index contributed by atoms with van der Waals surface area (Å²) in [5, 5.41) is 2.96. The number of carbonyl (C=O) groups excluding carboxylic acids is 2. The highest BCUT2D eigenvalue weighted by molar-refractivity contribution is 7.09. The second-order valence-electron chi connectivity index (χ2n) is 6.14. The van der Waals surface area contributed by atoms with Gasteiger partial charge >= 0.3 is 0 Å². The van der Waals surface area contributed by atoms with E-state index in [1.54, 1.807) is 17.5 Å². The minimum Gasteiger partial charge on any atom is -0.369 e. The minimum absolute atomic E-state index is 0.0738. The molecule has 1 aromatic rings. The normalized spacial score (nSPS) is 20.0. The van der Waals surface area contributed by atoms with Crippen LogP contribution in [0.4, 0.5) is 0 Å². The number of nitrogens with zero attached hydrogens (tertiary/aromatic N) is 3. The van der Waals surface area contributed by atoms with Crippen LogP contribution in [0, 0.1) is 5.92 Å². The Morgan fingerprint density at radius 2 is 2.05 bits per heavy atom. The molecule has 0 atom stereocenters. The van der Waals surface area contributed by atoms with Gasteiger partial charge in [-0.25, -0.2) is 4.98 Å². The van der Waals surface area contributed by atoms with Gasteiger partial charge in [0.2, 0.25) is 11.8 Å². The van der Waals surface area contributed by atoms with Crippen LogP contribution in [0.15, 0.2) is 11.6 Å². The Hall–Kier alpha value is -1.47. The molecule has 2 fully saturated rings. The predicted molar refractivity (Wildman–Crippen MR) is 84.0 cm³/mol.